The van der Waals surface area contributed by atoms with Crippen LogP contribution >= 0.6 is 0 Å². The summed E-state index contributed by atoms with van der Waals surface area (Å²) in [6.07, 6.45) is 1.74. The van der Waals surface area contributed by atoms with Gasteiger partial charge < -0.3 is 5.73 Å². The molecular weight excluding hydrogens is 184 g/mol. The molecule has 0 saturated carbocycles. The van der Waals surface area contributed by atoms with Crippen molar-refractivity contribution in [3.05, 3.63) is 35.4 Å². The maximum absolute atomic E-state index is 8.59. The molecule has 0 heterocycles. The summed E-state index contributed by atoms with van der Waals surface area (Å²) in [7, 11) is 0. The first-order valence-corrected chi connectivity index (χ1v) is 5.35. The first-order valence-electron chi connectivity index (χ1n) is 5.35. The molecule has 2 N–H and O–H groups in total. The number of nitrogens with zero attached hydrogens (tertiary/aromatic N) is 1. The molecule has 0 saturated heterocycles. The van der Waals surface area contributed by atoms with Crippen molar-refractivity contribution >= 4 is 0 Å². The van der Waals surface area contributed by atoms with E-state index in [0.29, 0.717) is 12.3 Å². The fourth-order valence-electron chi connectivity index (χ4n) is 1.58. The molecule has 0 aliphatic heterocycles. The lowest BCUT2D eigenvalue weighted by molar-refractivity contribution is 0.647. The molecule has 1 aromatic carbocycles. The van der Waals surface area contributed by atoms with Gasteiger partial charge in [-0.25, -0.2) is 0 Å². The van der Waals surface area contributed by atoms with Crippen LogP contribution in [0.5, 0.6) is 0 Å². The summed E-state index contributed by atoms with van der Waals surface area (Å²) in [6.45, 7) is 4.42. The van der Waals surface area contributed by atoms with Crippen molar-refractivity contribution in [2.75, 3.05) is 0 Å². The zero-order chi connectivity index (χ0) is 11.3. The molecule has 80 valence electrons. The van der Waals surface area contributed by atoms with Crippen molar-refractivity contribution in [2.45, 2.75) is 32.7 Å². The highest BCUT2D eigenvalue weighted by Crippen LogP contribution is 2.10. The highest BCUT2D eigenvalue weighted by molar-refractivity contribution is 5.24. The van der Waals surface area contributed by atoms with Crippen LogP contribution in [0.3, 0.4) is 0 Å². The second kappa shape index (κ2) is 5.53. The van der Waals surface area contributed by atoms with Gasteiger partial charge in [0.1, 0.15) is 0 Å². The molecule has 0 fully saturated rings. The van der Waals surface area contributed by atoms with Crippen molar-refractivity contribution in [3.8, 4) is 6.07 Å². The van der Waals surface area contributed by atoms with E-state index >= 15 is 0 Å². The second-order valence-corrected chi connectivity index (χ2v) is 4.35. The molecule has 0 aliphatic carbocycles. The van der Waals surface area contributed by atoms with Crippen LogP contribution in [-0.2, 0) is 12.8 Å². The predicted molar refractivity (Wildman–Crippen MR) is 62.3 cm³/mol. The molecular formula is C13H18N2. The Kier molecular flexibility index (Phi) is 4.33. The summed E-state index contributed by atoms with van der Waals surface area (Å²) in [4.78, 5) is 0. The molecule has 0 aromatic heterocycles. The Bertz CT molecular complexity index is 333. The topological polar surface area (TPSA) is 49.8 Å². The first kappa shape index (κ1) is 11.7. The Morgan fingerprint density at radius 2 is 1.60 bits per heavy atom. The van der Waals surface area contributed by atoms with Crippen LogP contribution in [0, 0.1) is 17.2 Å². The Morgan fingerprint density at radius 3 is 2.00 bits per heavy atom. The molecule has 0 amide bonds. The third-order valence-electron chi connectivity index (χ3n) is 2.29. The number of rotatable bonds is 4. The molecule has 1 unspecified atom stereocenters. The minimum atomic E-state index is -0.388. The van der Waals surface area contributed by atoms with E-state index in [1.54, 1.807) is 0 Å². The number of nitrogens with two attached hydrogens (primary N) is 1. The lowest BCUT2D eigenvalue weighted by Crippen LogP contribution is -2.19. The van der Waals surface area contributed by atoms with E-state index in [9.17, 15) is 0 Å². The molecule has 15 heavy (non-hydrogen) atoms. The first-order chi connectivity index (χ1) is 7.11. The van der Waals surface area contributed by atoms with Gasteiger partial charge in [0, 0.05) is 6.42 Å². The van der Waals surface area contributed by atoms with E-state index in [2.05, 4.69) is 38.1 Å². The molecule has 0 aliphatic rings. The van der Waals surface area contributed by atoms with Crippen molar-refractivity contribution in [3.63, 3.8) is 0 Å². The van der Waals surface area contributed by atoms with Gasteiger partial charge in [-0.15, -0.1) is 0 Å². The van der Waals surface area contributed by atoms with E-state index in [1.165, 1.54) is 5.56 Å². The average Bonchev–Trinajstić information content (AvgIpc) is 2.20. The predicted octanol–water partition coefficient (Wildman–Crippen LogP) is 2.28. The lowest BCUT2D eigenvalue weighted by atomic mass is 10.00. The van der Waals surface area contributed by atoms with E-state index in [-0.39, 0.29) is 6.04 Å². The quantitative estimate of drug-likeness (QED) is 0.814. The highest BCUT2D eigenvalue weighted by Gasteiger charge is 2.02. The highest BCUT2D eigenvalue weighted by atomic mass is 14.6. The van der Waals surface area contributed by atoms with Crippen molar-refractivity contribution in [2.24, 2.45) is 11.7 Å². The number of benzene rings is 1. The van der Waals surface area contributed by atoms with Gasteiger partial charge in [-0.05, 0) is 23.5 Å². The Labute approximate surface area is 91.7 Å². The van der Waals surface area contributed by atoms with Gasteiger partial charge in [0.05, 0.1) is 12.1 Å². The zero-order valence-electron chi connectivity index (χ0n) is 9.40. The summed E-state index contributed by atoms with van der Waals surface area (Å²) in [5.74, 6) is 0.678. The second-order valence-electron chi connectivity index (χ2n) is 4.35. The Morgan fingerprint density at radius 1 is 1.13 bits per heavy atom. The van der Waals surface area contributed by atoms with Gasteiger partial charge >= 0.3 is 0 Å². The molecule has 0 spiro atoms. The van der Waals surface area contributed by atoms with E-state index in [0.717, 1.165) is 12.0 Å². The average molecular weight is 202 g/mol. The normalized spacial score (nSPS) is 12.5. The van der Waals surface area contributed by atoms with Crippen LogP contribution in [0.1, 0.15) is 25.0 Å². The monoisotopic (exact) mass is 202 g/mol. The standard InChI is InChI=1S/C13H18N2/c1-10(2)7-11-3-5-12(6-4-11)8-13(15)9-14/h3-6,10,13H,7-8,15H2,1-2H3. The molecule has 0 bridgehead atoms. The van der Waals surface area contributed by atoms with Crippen LogP contribution in [0.15, 0.2) is 24.3 Å². The molecule has 1 atom stereocenters. The summed E-state index contributed by atoms with van der Waals surface area (Å²) in [6, 6.07) is 10.0. The zero-order valence-corrected chi connectivity index (χ0v) is 9.40. The number of hydrogen-bond acceptors (Lipinski definition) is 2. The van der Waals surface area contributed by atoms with E-state index in [1.807, 2.05) is 6.07 Å². The number of nitriles is 1. The number of hydrogen-bond donors (Lipinski definition) is 1. The maximum atomic E-state index is 8.59. The minimum absolute atomic E-state index is 0.388. The van der Waals surface area contributed by atoms with Gasteiger partial charge in [-0.1, -0.05) is 38.1 Å². The summed E-state index contributed by atoms with van der Waals surface area (Å²) < 4.78 is 0. The molecule has 0 radical (unpaired) electrons. The van der Waals surface area contributed by atoms with Crippen LogP contribution < -0.4 is 5.73 Å². The van der Waals surface area contributed by atoms with Crippen LogP contribution in [0.25, 0.3) is 0 Å². The largest absolute Gasteiger partial charge is 0.316 e. The third-order valence-corrected chi connectivity index (χ3v) is 2.29. The SMILES string of the molecule is CC(C)Cc1ccc(CC(N)C#N)cc1. The summed E-state index contributed by atoms with van der Waals surface area (Å²) in [5, 5.41) is 8.59. The maximum Gasteiger partial charge on any atom is 0.0968 e. The smallest absolute Gasteiger partial charge is 0.0968 e. The van der Waals surface area contributed by atoms with Gasteiger partial charge in [0.25, 0.3) is 0 Å². The molecule has 2 heteroatoms. The molecule has 1 aromatic rings. The van der Waals surface area contributed by atoms with Gasteiger partial charge in [-0.2, -0.15) is 5.26 Å². The third kappa shape index (κ3) is 4.14. The molecule has 1 rings (SSSR count). The van der Waals surface area contributed by atoms with Crippen LogP contribution in [-0.4, -0.2) is 6.04 Å². The summed E-state index contributed by atoms with van der Waals surface area (Å²) >= 11 is 0. The van der Waals surface area contributed by atoms with Gasteiger partial charge in [0.2, 0.25) is 0 Å². The van der Waals surface area contributed by atoms with E-state index < -0.39 is 0 Å². The van der Waals surface area contributed by atoms with Crippen LogP contribution in [0.4, 0.5) is 0 Å². The van der Waals surface area contributed by atoms with Crippen molar-refractivity contribution < 1.29 is 0 Å². The Balaban J connectivity index is 2.61. The van der Waals surface area contributed by atoms with Gasteiger partial charge in [-0.3, -0.25) is 0 Å². The fraction of sp³-hybridized carbons (Fsp3) is 0.462. The van der Waals surface area contributed by atoms with Crippen LogP contribution in [0.2, 0.25) is 0 Å². The Hall–Kier alpha value is -1.33. The molecule has 2 nitrogen and oxygen atoms in total. The minimum Gasteiger partial charge on any atom is -0.316 e. The van der Waals surface area contributed by atoms with E-state index in [4.69, 9.17) is 11.0 Å². The summed E-state index contributed by atoms with van der Waals surface area (Å²) in [5.41, 5.74) is 8.04. The van der Waals surface area contributed by atoms with Crippen molar-refractivity contribution in [1.29, 1.82) is 5.26 Å². The lowest BCUT2D eigenvalue weighted by Gasteiger charge is -2.07. The van der Waals surface area contributed by atoms with Crippen molar-refractivity contribution in [1.82, 2.24) is 0 Å². The fourth-order valence-corrected chi connectivity index (χ4v) is 1.58. The van der Waals surface area contributed by atoms with Gasteiger partial charge in [0.15, 0.2) is 0 Å².